The summed E-state index contributed by atoms with van der Waals surface area (Å²) < 4.78 is 2.44. The number of fused-ring (bicyclic) bond motifs is 1. The summed E-state index contributed by atoms with van der Waals surface area (Å²) in [4.78, 5) is 0. The number of aromatic nitrogens is 1. The quantitative estimate of drug-likeness (QED) is 0.466. The summed E-state index contributed by atoms with van der Waals surface area (Å²) >= 11 is 0. The van der Waals surface area contributed by atoms with Gasteiger partial charge in [-0.15, -0.1) is 6.58 Å². The van der Waals surface area contributed by atoms with E-state index in [1.165, 1.54) is 53.9 Å². The van der Waals surface area contributed by atoms with Gasteiger partial charge in [0.1, 0.15) is 0 Å². The summed E-state index contributed by atoms with van der Waals surface area (Å²) in [6, 6.07) is 7.06. The lowest BCUT2D eigenvalue weighted by atomic mass is 9.33. The van der Waals surface area contributed by atoms with E-state index in [2.05, 4.69) is 76.2 Å². The minimum Gasteiger partial charge on any atom is -0.334 e. The summed E-state index contributed by atoms with van der Waals surface area (Å²) in [5, 5.41) is 1.53. The van der Waals surface area contributed by atoms with Gasteiger partial charge in [0.2, 0.25) is 0 Å². The Kier molecular flexibility index (Phi) is 4.54. The highest BCUT2D eigenvalue weighted by Gasteiger charge is 2.68. The van der Waals surface area contributed by atoms with E-state index in [4.69, 9.17) is 0 Å². The Hall–Kier alpha value is -1.20. The van der Waals surface area contributed by atoms with Crippen molar-refractivity contribution in [2.24, 2.45) is 42.3 Å². The molecule has 1 heterocycles. The molecule has 0 aliphatic heterocycles. The van der Waals surface area contributed by atoms with Crippen molar-refractivity contribution in [3.8, 4) is 0 Å². The summed E-state index contributed by atoms with van der Waals surface area (Å²) in [6.45, 7) is 18.7. The van der Waals surface area contributed by atoms with E-state index in [9.17, 15) is 0 Å². The summed E-state index contributed by atoms with van der Waals surface area (Å²) in [5.41, 5.74) is 4.62. The fraction of sp³-hybridized carbons (Fsp3) is 0.600. The Balaban J connectivity index is 1.71. The molecule has 5 unspecified atom stereocenters. The molecule has 0 spiro atoms. The van der Waals surface area contributed by atoms with E-state index in [-0.39, 0.29) is 13.1 Å². The van der Waals surface area contributed by atoms with Crippen LogP contribution in [0.2, 0.25) is 0 Å². The van der Waals surface area contributed by atoms with Gasteiger partial charge in [-0.3, -0.25) is 0 Å². The molecule has 1 nitrogen and oxygen atoms in total. The maximum absolute atomic E-state index is 4.65. The van der Waals surface area contributed by atoms with Gasteiger partial charge in [-0.2, -0.15) is 0 Å². The lowest BCUT2D eigenvalue weighted by Gasteiger charge is -2.70. The second-order valence-electron chi connectivity index (χ2n) is 9.40. The monoisotopic (exact) mass is 381 g/mol. The van der Waals surface area contributed by atoms with Gasteiger partial charge in [0.05, 0.1) is 5.52 Å². The van der Waals surface area contributed by atoms with Gasteiger partial charge in [-0.25, -0.2) is 0 Å². The van der Waals surface area contributed by atoms with E-state index in [1.54, 1.807) is 0 Å². The van der Waals surface area contributed by atoms with Gasteiger partial charge in [-0.05, 0) is 85.5 Å². The first-order chi connectivity index (χ1) is 12.8. The van der Waals surface area contributed by atoms with E-state index in [0.29, 0.717) is 17.3 Å². The molecule has 2 heteroatoms. The van der Waals surface area contributed by atoms with E-state index < -0.39 is 0 Å². The molecular formula is C25H36NP. The molecule has 0 bridgehead atoms. The highest BCUT2D eigenvalue weighted by atomic mass is 31.1. The summed E-state index contributed by atoms with van der Waals surface area (Å²) in [6.07, 6.45) is 9.20. The maximum Gasteiger partial charge on any atom is 0.0567 e. The third-order valence-electron chi connectivity index (χ3n) is 8.92. The average molecular weight is 382 g/mol. The maximum atomic E-state index is 4.65. The molecule has 0 N–H and O–H groups in total. The van der Waals surface area contributed by atoms with Gasteiger partial charge >= 0.3 is 0 Å². The van der Waals surface area contributed by atoms with Crippen LogP contribution >= 0.6 is 7.69 Å². The van der Waals surface area contributed by atoms with E-state index >= 15 is 0 Å². The molecule has 2 aliphatic carbocycles. The Bertz CT molecular complexity index is 893. The van der Waals surface area contributed by atoms with Gasteiger partial charge in [0.25, 0.3) is 0 Å². The first-order valence-corrected chi connectivity index (χ1v) is 12.5. The third-order valence-corrected chi connectivity index (χ3v) is 11.1. The number of benzene rings is 1. The SMILES string of the molecule is C=CC1(C)C(C(=C)c2ccc3c(c2)n(C)p3C)C(C)C1(CC)C1CCCC1. The highest BCUT2D eigenvalue weighted by molar-refractivity contribution is 7.52. The molecule has 2 aliphatic rings. The second kappa shape index (κ2) is 6.41. The van der Waals surface area contributed by atoms with Crippen LogP contribution in [-0.2, 0) is 13.7 Å². The van der Waals surface area contributed by atoms with Crippen molar-refractivity contribution in [1.82, 2.24) is 4.33 Å². The smallest absolute Gasteiger partial charge is 0.0567 e. The molecule has 0 radical (unpaired) electrons. The number of hydrogen-bond donors (Lipinski definition) is 0. The van der Waals surface area contributed by atoms with Crippen LogP contribution in [0.1, 0.15) is 58.4 Å². The van der Waals surface area contributed by atoms with Crippen LogP contribution in [0.5, 0.6) is 0 Å². The number of rotatable bonds is 5. The zero-order chi connectivity index (χ0) is 19.6. The molecule has 5 atom stereocenters. The van der Waals surface area contributed by atoms with Crippen molar-refractivity contribution in [2.45, 2.75) is 52.9 Å². The van der Waals surface area contributed by atoms with Gasteiger partial charge in [0, 0.05) is 12.2 Å². The largest absolute Gasteiger partial charge is 0.334 e. The van der Waals surface area contributed by atoms with Crippen LogP contribution in [0, 0.1) is 28.6 Å². The van der Waals surface area contributed by atoms with Crippen LogP contribution in [0.4, 0.5) is 0 Å². The van der Waals surface area contributed by atoms with Crippen LogP contribution in [-0.4, -0.2) is 4.33 Å². The Morgan fingerprint density at radius 1 is 1.33 bits per heavy atom. The molecule has 1 aromatic carbocycles. The number of allylic oxidation sites excluding steroid dienone is 2. The molecule has 4 rings (SSSR count). The predicted octanol–water partition coefficient (Wildman–Crippen LogP) is 7.76. The fourth-order valence-corrected chi connectivity index (χ4v) is 8.94. The van der Waals surface area contributed by atoms with Gasteiger partial charge in [0.15, 0.2) is 0 Å². The Morgan fingerprint density at radius 2 is 2.00 bits per heavy atom. The molecule has 2 saturated carbocycles. The zero-order valence-electron chi connectivity index (χ0n) is 17.9. The van der Waals surface area contributed by atoms with Crippen molar-refractivity contribution in [3.05, 3.63) is 43.0 Å². The molecule has 2 fully saturated rings. The predicted molar refractivity (Wildman–Crippen MR) is 121 cm³/mol. The lowest BCUT2D eigenvalue weighted by molar-refractivity contribution is -0.175. The standard InChI is InChI=1S/C25H36NP/c1-8-24(5)23(18(4)25(24,9-2)20-12-10-11-13-20)17(3)19-14-15-22-21(16-19)26(6)27(22)7/h8,14-16,18,20,23H,1,3,9-13H2,2,4-7H3. The molecule has 0 amide bonds. The molecular weight excluding hydrogens is 345 g/mol. The normalized spacial score (nSPS) is 34.8. The third kappa shape index (κ3) is 2.24. The van der Waals surface area contributed by atoms with Gasteiger partial charge < -0.3 is 4.33 Å². The zero-order valence-corrected chi connectivity index (χ0v) is 18.8. The molecule has 2 aromatic rings. The second-order valence-corrected chi connectivity index (χ2v) is 11.5. The lowest BCUT2D eigenvalue weighted by Crippen LogP contribution is -2.65. The number of nitrogens with zero attached hydrogens (tertiary/aromatic N) is 1. The van der Waals surface area contributed by atoms with Crippen molar-refractivity contribution < 1.29 is 0 Å². The van der Waals surface area contributed by atoms with Crippen LogP contribution in [0.25, 0.3) is 16.2 Å². The first kappa shape index (κ1) is 19.1. The van der Waals surface area contributed by atoms with Crippen molar-refractivity contribution >= 4 is 23.9 Å². The number of hydrogen-bond acceptors (Lipinski definition) is 0. The first-order valence-electron chi connectivity index (χ1n) is 10.8. The fourth-order valence-electron chi connectivity index (χ4n) is 7.44. The van der Waals surface area contributed by atoms with Gasteiger partial charge in [-0.1, -0.05) is 52.3 Å². The van der Waals surface area contributed by atoms with Crippen molar-refractivity contribution in [3.63, 3.8) is 0 Å². The van der Waals surface area contributed by atoms with Crippen LogP contribution < -0.4 is 0 Å². The summed E-state index contributed by atoms with van der Waals surface area (Å²) in [7, 11) is 2.13. The van der Waals surface area contributed by atoms with Crippen LogP contribution in [0.15, 0.2) is 37.4 Å². The van der Waals surface area contributed by atoms with Crippen LogP contribution in [0.3, 0.4) is 0 Å². The van der Waals surface area contributed by atoms with Crippen molar-refractivity contribution in [2.75, 3.05) is 0 Å². The van der Waals surface area contributed by atoms with Crippen molar-refractivity contribution in [1.29, 1.82) is 0 Å². The molecule has 27 heavy (non-hydrogen) atoms. The highest BCUT2D eigenvalue weighted by Crippen LogP contribution is 2.74. The minimum absolute atomic E-state index is 0.0991. The molecule has 1 aromatic heterocycles. The topological polar surface area (TPSA) is 4.93 Å². The number of aryl methyl sites for hydroxylation is 2. The molecule has 146 valence electrons. The average Bonchev–Trinajstić information content (AvgIpc) is 3.21. The summed E-state index contributed by atoms with van der Waals surface area (Å²) in [5.74, 6) is 2.03. The Labute approximate surface area is 166 Å². The van der Waals surface area contributed by atoms with E-state index in [1.807, 2.05) is 0 Å². The molecule has 0 saturated heterocycles. The van der Waals surface area contributed by atoms with E-state index in [0.717, 1.165) is 5.92 Å². The Morgan fingerprint density at radius 3 is 2.59 bits per heavy atom. The minimum atomic E-state index is -0.0991.